The largest absolute Gasteiger partial charge is 0.486 e. The van der Waals surface area contributed by atoms with Crippen LogP contribution in [0.25, 0.3) is 0 Å². The van der Waals surface area contributed by atoms with Gasteiger partial charge in [0.05, 0.1) is 18.0 Å². The van der Waals surface area contributed by atoms with Crippen molar-refractivity contribution in [3.63, 3.8) is 0 Å². The SMILES string of the molecule is CC1CC(NC(=O)CCOc2ccccc2[N+](=O)[O-])CCN1.Cl. The number of carbonyl (C=O) groups is 1. The summed E-state index contributed by atoms with van der Waals surface area (Å²) in [7, 11) is 0. The molecule has 1 aliphatic rings. The minimum absolute atomic E-state index is 0. The van der Waals surface area contributed by atoms with Crippen LogP contribution in [0, 0.1) is 10.1 Å². The first-order valence-electron chi connectivity index (χ1n) is 7.45. The molecule has 2 unspecified atom stereocenters. The van der Waals surface area contributed by atoms with Crippen LogP contribution < -0.4 is 15.4 Å². The van der Waals surface area contributed by atoms with Crippen molar-refractivity contribution in [2.45, 2.75) is 38.3 Å². The van der Waals surface area contributed by atoms with Gasteiger partial charge < -0.3 is 15.4 Å². The van der Waals surface area contributed by atoms with E-state index >= 15 is 0 Å². The number of benzene rings is 1. The second-order valence-electron chi connectivity index (χ2n) is 5.47. The quantitative estimate of drug-likeness (QED) is 0.609. The van der Waals surface area contributed by atoms with E-state index in [1.807, 2.05) is 0 Å². The molecule has 1 aliphatic heterocycles. The van der Waals surface area contributed by atoms with Crippen molar-refractivity contribution >= 4 is 24.0 Å². The highest BCUT2D eigenvalue weighted by Crippen LogP contribution is 2.25. The molecule has 0 spiro atoms. The van der Waals surface area contributed by atoms with Crippen molar-refractivity contribution in [1.82, 2.24) is 10.6 Å². The molecule has 128 valence electrons. The summed E-state index contributed by atoms with van der Waals surface area (Å²) in [5.41, 5.74) is -0.0879. The van der Waals surface area contributed by atoms with Gasteiger partial charge >= 0.3 is 5.69 Å². The fraction of sp³-hybridized carbons (Fsp3) is 0.533. The molecule has 1 heterocycles. The molecule has 1 amide bonds. The van der Waals surface area contributed by atoms with E-state index in [9.17, 15) is 14.9 Å². The number of hydrogen-bond donors (Lipinski definition) is 2. The summed E-state index contributed by atoms with van der Waals surface area (Å²) in [6, 6.07) is 6.75. The van der Waals surface area contributed by atoms with E-state index in [4.69, 9.17) is 4.74 Å². The molecule has 2 atom stereocenters. The van der Waals surface area contributed by atoms with Crippen molar-refractivity contribution in [2.24, 2.45) is 0 Å². The molecule has 2 rings (SSSR count). The normalized spacial score (nSPS) is 20.2. The van der Waals surface area contributed by atoms with Crippen molar-refractivity contribution in [3.8, 4) is 5.75 Å². The predicted octanol–water partition coefficient (Wildman–Crippen LogP) is 2.04. The molecular weight excluding hydrogens is 322 g/mol. The van der Waals surface area contributed by atoms with Crippen LogP contribution in [0.15, 0.2) is 24.3 Å². The van der Waals surface area contributed by atoms with Gasteiger partial charge in [-0.3, -0.25) is 14.9 Å². The number of ether oxygens (including phenoxy) is 1. The van der Waals surface area contributed by atoms with Crippen molar-refractivity contribution in [1.29, 1.82) is 0 Å². The van der Waals surface area contributed by atoms with Crippen LogP contribution in [0.2, 0.25) is 0 Å². The van der Waals surface area contributed by atoms with E-state index in [0.29, 0.717) is 6.04 Å². The number of hydrogen-bond acceptors (Lipinski definition) is 5. The second-order valence-corrected chi connectivity index (χ2v) is 5.47. The van der Waals surface area contributed by atoms with Crippen LogP contribution in [0.3, 0.4) is 0 Å². The Bertz CT molecular complexity index is 541. The fourth-order valence-corrected chi connectivity index (χ4v) is 2.55. The number of para-hydroxylation sites is 2. The first kappa shape index (κ1) is 19.2. The second kappa shape index (κ2) is 9.32. The van der Waals surface area contributed by atoms with Gasteiger partial charge in [0.15, 0.2) is 5.75 Å². The number of halogens is 1. The molecule has 0 bridgehead atoms. The Morgan fingerprint density at radius 2 is 2.22 bits per heavy atom. The lowest BCUT2D eigenvalue weighted by Crippen LogP contribution is -2.46. The van der Waals surface area contributed by atoms with E-state index in [-0.39, 0.29) is 48.8 Å². The standard InChI is InChI=1S/C15H21N3O4.ClH/c1-11-10-12(6-8-16-11)17-15(19)7-9-22-14-5-3-2-4-13(14)18(20)21;/h2-5,11-12,16H,6-10H2,1H3,(H,17,19);1H. The molecule has 7 nitrogen and oxygen atoms in total. The van der Waals surface area contributed by atoms with Crippen LogP contribution in [0.1, 0.15) is 26.2 Å². The van der Waals surface area contributed by atoms with Gasteiger partial charge in [-0.05, 0) is 32.4 Å². The lowest BCUT2D eigenvalue weighted by atomic mass is 10.0. The Balaban J connectivity index is 0.00000264. The maximum Gasteiger partial charge on any atom is 0.310 e. The van der Waals surface area contributed by atoms with Crippen molar-refractivity contribution in [3.05, 3.63) is 34.4 Å². The molecule has 0 saturated carbocycles. The topological polar surface area (TPSA) is 93.5 Å². The highest BCUT2D eigenvalue weighted by Gasteiger charge is 2.20. The maximum absolute atomic E-state index is 11.9. The zero-order chi connectivity index (χ0) is 15.9. The van der Waals surface area contributed by atoms with Crippen molar-refractivity contribution in [2.75, 3.05) is 13.2 Å². The summed E-state index contributed by atoms with van der Waals surface area (Å²) >= 11 is 0. The van der Waals surface area contributed by atoms with E-state index in [1.54, 1.807) is 12.1 Å². The summed E-state index contributed by atoms with van der Waals surface area (Å²) in [5.74, 6) is 0.105. The monoisotopic (exact) mass is 343 g/mol. The van der Waals surface area contributed by atoms with Crippen LogP contribution in [0.4, 0.5) is 5.69 Å². The molecule has 1 fully saturated rings. The van der Waals surface area contributed by atoms with Crippen LogP contribution in [-0.2, 0) is 4.79 Å². The van der Waals surface area contributed by atoms with Gasteiger partial charge in [0.2, 0.25) is 5.91 Å². The Labute approximate surface area is 141 Å². The van der Waals surface area contributed by atoms with Crippen molar-refractivity contribution < 1.29 is 14.5 Å². The fourth-order valence-electron chi connectivity index (χ4n) is 2.55. The Morgan fingerprint density at radius 1 is 1.48 bits per heavy atom. The van der Waals surface area contributed by atoms with E-state index in [0.717, 1.165) is 19.4 Å². The minimum Gasteiger partial charge on any atom is -0.486 e. The third kappa shape index (κ3) is 6.03. The van der Waals surface area contributed by atoms with Crippen LogP contribution in [0.5, 0.6) is 5.75 Å². The highest BCUT2D eigenvalue weighted by molar-refractivity contribution is 5.85. The van der Waals surface area contributed by atoms with Gasteiger partial charge in [-0.2, -0.15) is 0 Å². The average Bonchev–Trinajstić information content (AvgIpc) is 2.47. The molecule has 1 aromatic rings. The Hall–Kier alpha value is -1.86. The summed E-state index contributed by atoms with van der Waals surface area (Å²) in [4.78, 5) is 22.2. The zero-order valence-corrected chi connectivity index (χ0v) is 13.8. The lowest BCUT2D eigenvalue weighted by Gasteiger charge is -2.28. The molecule has 23 heavy (non-hydrogen) atoms. The Morgan fingerprint density at radius 3 is 2.91 bits per heavy atom. The smallest absolute Gasteiger partial charge is 0.310 e. The number of nitro groups is 1. The highest BCUT2D eigenvalue weighted by atomic mass is 35.5. The number of nitrogens with zero attached hydrogens (tertiary/aromatic N) is 1. The number of nitro benzene ring substituents is 1. The molecule has 1 aromatic carbocycles. The van der Waals surface area contributed by atoms with E-state index in [2.05, 4.69) is 17.6 Å². The molecule has 0 aliphatic carbocycles. The molecule has 0 aromatic heterocycles. The first-order chi connectivity index (χ1) is 10.6. The number of amides is 1. The van der Waals surface area contributed by atoms with E-state index in [1.165, 1.54) is 12.1 Å². The van der Waals surface area contributed by atoms with Gasteiger partial charge in [0.1, 0.15) is 0 Å². The molecule has 0 radical (unpaired) electrons. The Kier molecular flexibility index (Phi) is 7.77. The zero-order valence-electron chi connectivity index (χ0n) is 13.0. The average molecular weight is 344 g/mol. The third-order valence-electron chi connectivity index (χ3n) is 3.64. The summed E-state index contributed by atoms with van der Waals surface area (Å²) in [6.45, 7) is 3.12. The third-order valence-corrected chi connectivity index (χ3v) is 3.64. The number of rotatable bonds is 6. The van der Waals surface area contributed by atoms with Gasteiger partial charge in [0, 0.05) is 18.2 Å². The predicted molar refractivity (Wildman–Crippen MR) is 89.1 cm³/mol. The van der Waals surface area contributed by atoms with Crippen LogP contribution >= 0.6 is 12.4 Å². The summed E-state index contributed by atoms with van der Waals surface area (Å²) < 4.78 is 5.36. The lowest BCUT2D eigenvalue weighted by molar-refractivity contribution is -0.385. The molecule has 1 saturated heterocycles. The number of carbonyl (C=O) groups excluding carboxylic acids is 1. The van der Waals surface area contributed by atoms with E-state index < -0.39 is 4.92 Å². The summed E-state index contributed by atoms with van der Waals surface area (Å²) in [6.07, 6.45) is 2.02. The van der Waals surface area contributed by atoms with Crippen LogP contribution in [-0.4, -0.2) is 36.1 Å². The number of piperidine rings is 1. The van der Waals surface area contributed by atoms with Gasteiger partial charge in [-0.1, -0.05) is 12.1 Å². The molecule has 2 N–H and O–H groups in total. The van der Waals surface area contributed by atoms with Gasteiger partial charge in [-0.25, -0.2) is 0 Å². The molecular formula is C15H22ClN3O4. The number of nitrogens with one attached hydrogen (secondary N) is 2. The summed E-state index contributed by atoms with van der Waals surface area (Å²) in [5, 5.41) is 17.2. The molecule has 8 heteroatoms. The minimum atomic E-state index is -0.494. The van der Waals surface area contributed by atoms with Gasteiger partial charge in [0.25, 0.3) is 0 Å². The first-order valence-corrected chi connectivity index (χ1v) is 7.45. The van der Waals surface area contributed by atoms with Gasteiger partial charge in [-0.15, -0.1) is 12.4 Å². The maximum atomic E-state index is 11.9.